The van der Waals surface area contributed by atoms with Crippen molar-refractivity contribution in [2.24, 2.45) is 11.8 Å². The van der Waals surface area contributed by atoms with Crippen molar-refractivity contribution in [3.05, 3.63) is 29.8 Å². The van der Waals surface area contributed by atoms with Gasteiger partial charge in [0.2, 0.25) is 0 Å². The lowest BCUT2D eigenvalue weighted by Crippen LogP contribution is -2.22. The summed E-state index contributed by atoms with van der Waals surface area (Å²) in [6.07, 6.45) is 12.0. The molecule has 1 aliphatic rings. The van der Waals surface area contributed by atoms with E-state index in [1.165, 1.54) is 51.4 Å². The zero-order valence-corrected chi connectivity index (χ0v) is 14.3. The number of para-hydroxylation sites is 1. The van der Waals surface area contributed by atoms with Crippen molar-refractivity contribution in [3.8, 4) is 5.75 Å². The monoisotopic (exact) mass is 290 g/mol. The maximum absolute atomic E-state index is 9.41. The van der Waals surface area contributed by atoms with Gasteiger partial charge in [0, 0.05) is 0 Å². The lowest BCUT2D eigenvalue weighted by molar-refractivity contribution is 0.176. The predicted octanol–water partition coefficient (Wildman–Crippen LogP) is 6.35. The molecule has 0 saturated heterocycles. The number of phenols is 1. The van der Waals surface area contributed by atoms with Crippen LogP contribution in [0.2, 0.25) is 0 Å². The van der Waals surface area contributed by atoms with Crippen molar-refractivity contribution >= 4 is 0 Å². The van der Waals surface area contributed by atoms with Crippen LogP contribution in [-0.2, 0) is 6.42 Å². The van der Waals surface area contributed by atoms with Crippen LogP contribution < -0.4 is 0 Å². The van der Waals surface area contributed by atoms with E-state index in [9.17, 15) is 5.11 Å². The van der Waals surface area contributed by atoms with Gasteiger partial charge in [0.05, 0.1) is 0 Å². The van der Waals surface area contributed by atoms with E-state index in [2.05, 4.69) is 20.8 Å². The standard InChI is InChI=1S/C11H16O.C9H18/c1-2-3-4-7-10-8-5-6-9-11(10)12;1-3-5-9-6-8(4-2)7-9/h5-6,8-9,12H,2-4,7H2,1H3;8-9H,3-7H2,1-2H3. The van der Waals surface area contributed by atoms with Crippen LogP contribution in [0.25, 0.3) is 0 Å². The lowest BCUT2D eigenvalue weighted by atomic mass is 9.72. The average molecular weight is 290 g/mol. The fourth-order valence-electron chi connectivity index (χ4n) is 3.14. The summed E-state index contributed by atoms with van der Waals surface area (Å²) in [5.41, 5.74) is 1.07. The number of phenolic OH excluding ortho intramolecular Hbond substituents is 1. The molecule has 1 fully saturated rings. The minimum absolute atomic E-state index is 0.439. The number of aromatic hydroxyl groups is 1. The number of hydrogen-bond acceptors (Lipinski definition) is 1. The summed E-state index contributed by atoms with van der Waals surface area (Å²) < 4.78 is 0. The summed E-state index contributed by atoms with van der Waals surface area (Å²) in [6.45, 7) is 6.79. The Hall–Kier alpha value is -0.980. The molecule has 0 aromatic heterocycles. The molecule has 0 spiro atoms. The first-order valence-electron chi connectivity index (χ1n) is 8.98. The summed E-state index contributed by atoms with van der Waals surface area (Å²) >= 11 is 0. The first-order chi connectivity index (χ1) is 10.2. The lowest BCUT2D eigenvalue weighted by Gasteiger charge is -2.34. The van der Waals surface area contributed by atoms with Gasteiger partial charge in [0.15, 0.2) is 0 Å². The quantitative estimate of drug-likeness (QED) is 0.580. The molecule has 0 amide bonds. The Balaban J connectivity index is 0.000000219. The molecule has 1 nitrogen and oxygen atoms in total. The van der Waals surface area contributed by atoms with Crippen molar-refractivity contribution in [2.75, 3.05) is 0 Å². The molecule has 21 heavy (non-hydrogen) atoms. The van der Waals surface area contributed by atoms with Crippen molar-refractivity contribution in [2.45, 2.75) is 78.6 Å². The van der Waals surface area contributed by atoms with Gasteiger partial charge in [-0.15, -0.1) is 0 Å². The van der Waals surface area contributed by atoms with Gasteiger partial charge in [0.1, 0.15) is 5.75 Å². The second-order valence-electron chi connectivity index (χ2n) is 6.49. The number of rotatable bonds is 7. The van der Waals surface area contributed by atoms with Crippen molar-refractivity contribution in [3.63, 3.8) is 0 Å². The highest BCUT2D eigenvalue weighted by Gasteiger charge is 2.25. The van der Waals surface area contributed by atoms with E-state index >= 15 is 0 Å². The zero-order valence-electron chi connectivity index (χ0n) is 14.3. The first-order valence-corrected chi connectivity index (χ1v) is 8.98. The number of benzene rings is 1. The van der Waals surface area contributed by atoms with Crippen LogP contribution in [0.15, 0.2) is 24.3 Å². The molecule has 1 N–H and O–H groups in total. The Labute approximate surface area is 131 Å². The third-order valence-electron chi connectivity index (χ3n) is 4.65. The normalized spacial score (nSPS) is 20.3. The van der Waals surface area contributed by atoms with Crippen LogP contribution in [-0.4, -0.2) is 5.11 Å². The fourth-order valence-corrected chi connectivity index (χ4v) is 3.14. The van der Waals surface area contributed by atoms with Gasteiger partial charge in [0.25, 0.3) is 0 Å². The van der Waals surface area contributed by atoms with Gasteiger partial charge in [-0.3, -0.25) is 0 Å². The molecule has 0 aliphatic heterocycles. The van der Waals surface area contributed by atoms with E-state index < -0.39 is 0 Å². The Kier molecular flexibility index (Phi) is 9.21. The third-order valence-corrected chi connectivity index (χ3v) is 4.65. The molecule has 2 rings (SSSR count). The molecular formula is C20H34O. The Morgan fingerprint density at radius 1 is 0.952 bits per heavy atom. The van der Waals surface area contributed by atoms with E-state index in [0.29, 0.717) is 5.75 Å². The summed E-state index contributed by atoms with van der Waals surface area (Å²) in [6, 6.07) is 7.58. The number of hydrogen-bond donors (Lipinski definition) is 1. The Bertz CT molecular complexity index is 366. The summed E-state index contributed by atoms with van der Waals surface area (Å²) in [7, 11) is 0. The molecule has 1 heteroatoms. The van der Waals surface area contributed by atoms with Gasteiger partial charge in [-0.1, -0.05) is 71.1 Å². The minimum atomic E-state index is 0.439. The van der Waals surface area contributed by atoms with E-state index in [1.807, 2.05) is 18.2 Å². The Morgan fingerprint density at radius 2 is 1.67 bits per heavy atom. The highest BCUT2D eigenvalue weighted by atomic mass is 16.3. The summed E-state index contributed by atoms with van der Waals surface area (Å²) in [5.74, 6) is 2.65. The molecule has 120 valence electrons. The van der Waals surface area contributed by atoms with Crippen LogP contribution in [0.1, 0.15) is 77.7 Å². The van der Waals surface area contributed by atoms with Crippen molar-refractivity contribution in [1.82, 2.24) is 0 Å². The maximum atomic E-state index is 9.41. The van der Waals surface area contributed by atoms with Gasteiger partial charge >= 0.3 is 0 Å². The first kappa shape index (κ1) is 18.1. The second-order valence-corrected chi connectivity index (χ2v) is 6.49. The van der Waals surface area contributed by atoms with Gasteiger partial charge < -0.3 is 5.11 Å². The number of aryl methyl sites for hydroxylation is 1. The zero-order chi connectivity index (χ0) is 15.5. The Morgan fingerprint density at radius 3 is 2.24 bits per heavy atom. The molecule has 1 aromatic carbocycles. The summed E-state index contributed by atoms with van der Waals surface area (Å²) in [4.78, 5) is 0. The van der Waals surface area contributed by atoms with Crippen LogP contribution in [0.4, 0.5) is 0 Å². The van der Waals surface area contributed by atoms with Gasteiger partial charge in [-0.2, -0.15) is 0 Å². The fraction of sp³-hybridized carbons (Fsp3) is 0.700. The smallest absolute Gasteiger partial charge is 0.118 e. The molecule has 0 radical (unpaired) electrons. The molecule has 0 atom stereocenters. The van der Waals surface area contributed by atoms with Gasteiger partial charge in [-0.05, 0) is 49.1 Å². The predicted molar refractivity (Wildman–Crippen MR) is 92.7 cm³/mol. The number of unbranched alkanes of at least 4 members (excludes halogenated alkanes) is 2. The van der Waals surface area contributed by atoms with Crippen LogP contribution in [0.3, 0.4) is 0 Å². The van der Waals surface area contributed by atoms with Crippen LogP contribution >= 0.6 is 0 Å². The molecule has 0 heterocycles. The van der Waals surface area contributed by atoms with Crippen molar-refractivity contribution < 1.29 is 5.11 Å². The SMILES string of the molecule is CCCC1CC(CC)C1.CCCCCc1ccccc1O. The molecular weight excluding hydrogens is 256 g/mol. The van der Waals surface area contributed by atoms with E-state index in [1.54, 1.807) is 6.07 Å². The van der Waals surface area contributed by atoms with Crippen molar-refractivity contribution in [1.29, 1.82) is 0 Å². The highest BCUT2D eigenvalue weighted by molar-refractivity contribution is 5.31. The maximum Gasteiger partial charge on any atom is 0.118 e. The third kappa shape index (κ3) is 7.02. The van der Waals surface area contributed by atoms with Gasteiger partial charge in [-0.25, -0.2) is 0 Å². The second kappa shape index (κ2) is 10.7. The molecule has 1 aliphatic carbocycles. The van der Waals surface area contributed by atoms with Crippen LogP contribution in [0.5, 0.6) is 5.75 Å². The van der Waals surface area contributed by atoms with Crippen LogP contribution in [0, 0.1) is 11.8 Å². The highest BCUT2D eigenvalue weighted by Crippen LogP contribution is 2.38. The molecule has 1 saturated carbocycles. The minimum Gasteiger partial charge on any atom is -0.508 e. The summed E-state index contributed by atoms with van der Waals surface area (Å²) in [5, 5.41) is 9.41. The molecule has 0 unspecified atom stereocenters. The van der Waals surface area contributed by atoms with E-state index in [0.717, 1.165) is 23.8 Å². The van der Waals surface area contributed by atoms with E-state index in [4.69, 9.17) is 0 Å². The molecule has 1 aromatic rings. The van der Waals surface area contributed by atoms with E-state index in [-0.39, 0.29) is 0 Å². The molecule has 0 bridgehead atoms. The topological polar surface area (TPSA) is 20.2 Å². The largest absolute Gasteiger partial charge is 0.508 e. The average Bonchev–Trinajstić information content (AvgIpc) is 2.45.